The van der Waals surface area contributed by atoms with Gasteiger partial charge in [-0.15, -0.1) is 0 Å². The number of nitrogens with zero attached hydrogens (tertiary/aromatic N) is 1. The highest BCUT2D eigenvalue weighted by molar-refractivity contribution is 9.10. The maximum atomic E-state index is 5.86. The largest absolute Gasteiger partial charge is 0.493 e. The summed E-state index contributed by atoms with van der Waals surface area (Å²) in [6.45, 7) is 8.56. The number of hydrogen-bond acceptors (Lipinski definition) is 3. The Morgan fingerprint density at radius 3 is 3.10 bits per heavy atom. The molecular formula is C16H23BrN2O. The molecule has 0 amide bonds. The highest BCUT2D eigenvalue weighted by Gasteiger charge is 2.26. The van der Waals surface area contributed by atoms with Crippen LogP contribution in [-0.4, -0.2) is 36.7 Å². The minimum Gasteiger partial charge on any atom is -0.493 e. The van der Waals surface area contributed by atoms with E-state index >= 15 is 0 Å². The molecule has 2 aliphatic heterocycles. The first-order valence-corrected chi connectivity index (χ1v) is 8.38. The Kier molecular flexibility index (Phi) is 4.34. The highest BCUT2D eigenvalue weighted by Crippen LogP contribution is 2.34. The third kappa shape index (κ3) is 2.87. The van der Waals surface area contributed by atoms with Crippen LogP contribution in [0.1, 0.15) is 31.4 Å². The number of piperazine rings is 1. The first kappa shape index (κ1) is 14.4. The molecule has 1 fully saturated rings. The van der Waals surface area contributed by atoms with E-state index in [1.807, 2.05) is 0 Å². The van der Waals surface area contributed by atoms with Crippen molar-refractivity contribution in [1.82, 2.24) is 10.2 Å². The smallest absolute Gasteiger partial charge is 0.127 e. The second kappa shape index (κ2) is 6.04. The van der Waals surface area contributed by atoms with Gasteiger partial charge >= 0.3 is 0 Å². The summed E-state index contributed by atoms with van der Waals surface area (Å²) in [5.41, 5.74) is 2.69. The topological polar surface area (TPSA) is 24.5 Å². The Morgan fingerprint density at radius 1 is 1.45 bits per heavy atom. The predicted molar refractivity (Wildman–Crippen MR) is 85.3 cm³/mol. The number of ether oxygens (including phenoxy) is 1. The van der Waals surface area contributed by atoms with Gasteiger partial charge in [-0.25, -0.2) is 0 Å². The van der Waals surface area contributed by atoms with Crippen LogP contribution in [0.15, 0.2) is 16.6 Å². The summed E-state index contributed by atoms with van der Waals surface area (Å²) < 4.78 is 7.03. The van der Waals surface area contributed by atoms with Crippen molar-refractivity contribution in [3.8, 4) is 5.75 Å². The van der Waals surface area contributed by atoms with Crippen LogP contribution in [0.3, 0.4) is 0 Å². The third-order valence-corrected chi connectivity index (χ3v) is 4.85. The molecule has 2 heterocycles. The van der Waals surface area contributed by atoms with Gasteiger partial charge in [0, 0.05) is 48.2 Å². The Hall–Kier alpha value is -0.580. The lowest BCUT2D eigenvalue weighted by Crippen LogP contribution is -2.54. The first-order chi connectivity index (χ1) is 9.67. The maximum Gasteiger partial charge on any atom is 0.127 e. The SMILES string of the molecule is CCC1CNC(C)CN1Cc1cc(Br)cc2c1OCC2. The molecule has 0 aromatic heterocycles. The zero-order valence-corrected chi connectivity index (χ0v) is 13.9. The van der Waals surface area contributed by atoms with E-state index in [9.17, 15) is 0 Å². The van der Waals surface area contributed by atoms with Gasteiger partial charge in [-0.05, 0) is 31.0 Å². The van der Waals surface area contributed by atoms with Crippen molar-refractivity contribution in [2.75, 3.05) is 19.7 Å². The highest BCUT2D eigenvalue weighted by atomic mass is 79.9. The summed E-state index contributed by atoms with van der Waals surface area (Å²) in [6, 6.07) is 5.62. The number of fused-ring (bicyclic) bond motifs is 1. The fraction of sp³-hybridized carbons (Fsp3) is 0.625. The average Bonchev–Trinajstić information content (AvgIpc) is 2.87. The Bertz CT molecular complexity index is 492. The first-order valence-electron chi connectivity index (χ1n) is 7.59. The summed E-state index contributed by atoms with van der Waals surface area (Å²) in [4.78, 5) is 2.60. The van der Waals surface area contributed by atoms with Crippen LogP contribution in [0, 0.1) is 0 Å². The molecule has 3 nitrogen and oxygen atoms in total. The molecule has 1 aromatic carbocycles. The van der Waals surface area contributed by atoms with E-state index in [2.05, 4.69) is 52.1 Å². The number of benzene rings is 1. The minimum absolute atomic E-state index is 0.568. The zero-order valence-electron chi connectivity index (χ0n) is 12.3. The summed E-state index contributed by atoms with van der Waals surface area (Å²) in [5.74, 6) is 1.13. The summed E-state index contributed by atoms with van der Waals surface area (Å²) in [7, 11) is 0. The van der Waals surface area contributed by atoms with Gasteiger partial charge in [0.1, 0.15) is 5.75 Å². The lowest BCUT2D eigenvalue weighted by molar-refractivity contribution is 0.123. The fourth-order valence-electron chi connectivity index (χ4n) is 3.31. The molecule has 0 aliphatic carbocycles. The van der Waals surface area contributed by atoms with E-state index in [-0.39, 0.29) is 0 Å². The lowest BCUT2D eigenvalue weighted by Gasteiger charge is -2.39. The molecule has 2 aliphatic rings. The van der Waals surface area contributed by atoms with Crippen LogP contribution in [0.5, 0.6) is 5.75 Å². The van der Waals surface area contributed by atoms with Crippen LogP contribution >= 0.6 is 15.9 Å². The fourth-order valence-corrected chi connectivity index (χ4v) is 3.86. The van der Waals surface area contributed by atoms with Crippen LogP contribution in [0.4, 0.5) is 0 Å². The van der Waals surface area contributed by atoms with Gasteiger partial charge in [-0.3, -0.25) is 4.90 Å². The molecule has 20 heavy (non-hydrogen) atoms. The molecule has 2 unspecified atom stereocenters. The van der Waals surface area contributed by atoms with E-state index in [4.69, 9.17) is 4.74 Å². The molecule has 0 spiro atoms. The summed E-state index contributed by atoms with van der Waals surface area (Å²) in [6.07, 6.45) is 2.23. The molecule has 110 valence electrons. The van der Waals surface area contributed by atoms with Gasteiger partial charge in [-0.2, -0.15) is 0 Å². The lowest BCUT2D eigenvalue weighted by atomic mass is 10.0. The van der Waals surface area contributed by atoms with Gasteiger partial charge in [-0.1, -0.05) is 22.9 Å². The Labute approximate surface area is 129 Å². The molecule has 1 aromatic rings. The minimum atomic E-state index is 0.568. The second-order valence-electron chi connectivity index (χ2n) is 5.95. The van der Waals surface area contributed by atoms with Gasteiger partial charge in [0.05, 0.1) is 6.61 Å². The van der Waals surface area contributed by atoms with E-state index in [1.165, 1.54) is 22.0 Å². The van der Waals surface area contributed by atoms with Crippen LogP contribution in [-0.2, 0) is 13.0 Å². The molecule has 0 saturated carbocycles. The molecule has 4 heteroatoms. The van der Waals surface area contributed by atoms with Crippen molar-refractivity contribution < 1.29 is 4.74 Å². The number of halogens is 1. The monoisotopic (exact) mass is 338 g/mol. The molecular weight excluding hydrogens is 316 g/mol. The van der Waals surface area contributed by atoms with Crippen molar-refractivity contribution in [3.63, 3.8) is 0 Å². The number of nitrogens with one attached hydrogen (secondary N) is 1. The summed E-state index contributed by atoms with van der Waals surface area (Å²) >= 11 is 3.64. The van der Waals surface area contributed by atoms with E-state index < -0.39 is 0 Å². The predicted octanol–water partition coefficient (Wildman–Crippen LogP) is 2.96. The van der Waals surface area contributed by atoms with Crippen molar-refractivity contribution in [2.24, 2.45) is 0 Å². The Balaban J connectivity index is 1.83. The molecule has 3 rings (SSSR count). The van der Waals surface area contributed by atoms with E-state index in [0.29, 0.717) is 12.1 Å². The van der Waals surface area contributed by atoms with Gasteiger partial charge in [0.25, 0.3) is 0 Å². The number of hydrogen-bond donors (Lipinski definition) is 1. The quantitative estimate of drug-likeness (QED) is 0.916. The molecule has 1 N–H and O–H groups in total. The maximum absolute atomic E-state index is 5.86. The van der Waals surface area contributed by atoms with Crippen molar-refractivity contribution in [2.45, 2.75) is 45.3 Å². The molecule has 0 radical (unpaired) electrons. The van der Waals surface area contributed by atoms with E-state index in [0.717, 1.165) is 38.4 Å². The normalized spacial score (nSPS) is 26.4. The standard InChI is InChI=1S/C16H23BrN2O/c1-3-15-8-18-11(2)9-19(15)10-13-7-14(17)6-12-4-5-20-16(12)13/h6-7,11,15,18H,3-5,8-10H2,1-2H3. The van der Waals surface area contributed by atoms with Gasteiger partial charge in [0.2, 0.25) is 0 Å². The van der Waals surface area contributed by atoms with Crippen LogP contribution in [0.2, 0.25) is 0 Å². The second-order valence-corrected chi connectivity index (χ2v) is 6.87. The number of rotatable bonds is 3. The average molecular weight is 339 g/mol. The van der Waals surface area contributed by atoms with Gasteiger partial charge < -0.3 is 10.1 Å². The van der Waals surface area contributed by atoms with Crippen LogP contribution < -0.4 is 10.1 Å². The Morgan fingerprint density at radius 2 is 2.30 bits per heavy atom. The van der Waals surface area contributed by atoms with Crippen molar-refractivity contribution in [3.05, 3.63) is 27.7 Å². The molecule has 0 bridgehead atoms. The summed E-state index contributed by atoms with van der Waals surface area (Å²) in [5, 5.41) is 3.58. The van der Waals surface area contributed by atoms with E-state index in [1.54, 1.807) is 0 Å². The molecule has 2 atom stereocenters. The zero-order chi connectivity index (χ0) is 14.1. The van der Waals surface area contributed by atoms with Gasteiger partial charge in [0.15, 0.2) is 0 Å². The van der Waals surface area contributed by atoms with Crippen LogP contribution in [0.25, 0.3) is 0 Å². The third-order valence-electron chi connectivity index (χ3n) is 4.40. The van der Waals surface area contributed by atoms with Crippen molar-refractivity contribution >= 4 is 15.9 Å². The molecule has 1 saturated heterocycles. The van der Waals surface area contributed by atoms with Crippen molar-refractivity contribution in [1.29, 1.82) is 0 Å².